The zero-order chi connectivity index (χ0) is 19.1. The number of nitrogens with two attached hydrogens (primary N) is 1. The van der Waals surface area contributed by atoms with Gasteiger partial charge in [0.05, 0.1) is 11.5 Å². The first-order chi connectivity index (χ1) is 12.2. The van der Waals surface area contributed by atoms with Crippen LogP contribution in [-0.2, 0) is 19.4 Å². The first-order valence-electron chi connectivity index (χ1n) is 7.94. The van der Waals surface area contributed by atoms with Gasteiger partial charge in [0.25, 0.3) is 0 Å². The molecule has 0 unspecified atom stereocenters. The average Bonchev–Trinajstić information content (AvgIpc) is 3.25. The first-order valence-corrected chi connectivity index (χ1v) is 10.7. The summed E-state index contributed by atoms with van der Waals surface area (Å²) in [6.45, 7) is 1.78. The second-order valence-electron chi connectivity index (χ2n) is 6.10. The molecule has 0 aliphatic heterocycles. The molecular weight excluding hydrogens is 442 g/mol. The summed E-state index contributed by atoms with van der Waals surface area (Å²) in [5, 5.41) is -0.676. The van der Waals surface area contributed by atoms with E-state index in [1.807, 2.05) is 0 Å². The van der Waals surface area contributed by atoms with Crippen molar-refractivity contribution in [2.45, 2.75) is 28.5 Å². The van der Waals surface area contributed by atoms with Crippen LogP contribution in [0.3, 0.4) is 0 Å². The highest BCUT2D eigenvalue weighted by Crippen LogP contribution is 2.56. The highest BCUT2D eigenvalue weighted by Gasteiger charge is 2.74. The molecule has 2 aromatic rings. The molecule has 1 fully saturated rings. The predicted molar refractivity (Wildman–Crippen MR) is 103 cm³/mol. The summed E-state index contributed by atoms with van der Waals surface area (Å²) in [4.78, 5) is 12.6. The number of hydrogen-bond donors (Lipinski definition) is 1. The fourth-order valence-electron chi connectivity index (χ4n) is 3.20. The van der Waals surface area contributed by atoms with Crippen LogP contribution in [0.15, 0.2) is 57.9 Å². The molecule has 1 aliphatic carbocycles. The second-order valence-corrected chi connectivity index (χ2v) is 9.52. The molecular formula is C18H17BrClNO4S. The summed E-state index contributed by atoms with van der Waals surface area (Å²) in [5.74, 6) is -1.40. The van der Waals surface area contributed by atoms with Gasteiger partial charge < -0.3 is 10.5 Å². The normalized spacial score (nSPS) is 24.9. The third-order valence-electron chi connectivity index (χ3n) is 4.51. The Morgan fingerprint density at radius 1 is 1.19 bits per heavy atom. The minimum atomic E-state index is -3.86. The highest BCUT2D eigenvalue weighted by atomic mass is 79.9. The molecule has 0 amide bonds. The highest BCUT2D eigenvalue weighted by molar-refractivity contribution is 9.10. The Labute approximate surface area is 165 Å². The number of rotatable bonds is 5. The van der Waals surface area contributed by atoms with Gasteiger partial charge in [-0.1, -0.05) is 39.7 Å². The van der Waals surface area contributed by atoms with E-state index in [1.54, 1.807) is 31.2 Å². The minimum absolute atomic E-state index is 0.0747. The average molecular weight is 459 g/mol. The Bertz CT molecular complexity index is 931. The summed E-state index contributed by atoms with van der Waals surface area (Å²) in [5.41, 5.74) is 5.35. The first kappa shape index (κ1) is 19.4. The van der Waals surface area contributed by atoms with Crippen LogP contribution in [0.1, 0.15) is 18.4 Å². The minimum Gasteiger partial charge on any atom is -0.465 e. The van der Waals surface area contributed by atoms with Crippen LogP contribution in [0.25, 0.3) is 0 Å². The van der Waals surface area contributed by atoms with Gasteiger partial charge in [-0.15, -0.1) is 0 Å². The van der Waals surface area contributed by atoms with Crippen LogP contribution < -0.4 is 5.73 Å². The largest absolute Gasteiger partial charge is 0.465 e. The lowest BCUT2D eigenvalue weighted by atomic mass is 10.1. The standard InChI is InChI=1S/C18H17BrClNO4S/c1-2-25-17(22)18(21)15(11-3-5-12(19)6-4-11)16(18)26(23,24)14-9-7-13(20)8-10-14/h3-10,15-16H,2,21H2,1H3/t15-,16+,18+/m1/s1. The maximum atomic E-state index is 13.1. The van der Waals surface area contributed by atoms with Crippen LogP contribution in [0.2, 0.25) is 5.02 Å². The third-order valence-corrected chi connectivity index (χ3v) is 7.55. The van der Waals surface area contributed by atoms with E-state index in [4.69, 9.17) is 22.1 Å². The zero-order valence-corrected chi connectivity index (χ0v) is 17.0. The Kier molecular flexibility index (Phi) is 5.18. The summed E-state index contributed by atoms with van der Waals surface area (Å²) >= 11 is 9.19. The summed E-state index contributed by atoms with van der Waals surface area (Å²) in [6.07, 6.45) is 0. The lowest BCUT2D eigenvalue weighted by Gasteiger charge is -2.11. The van der Waals surface area contributed by atoms with Crippen LogP contribution in [0.4, 0.5) is 0 Å². The molecule has 138 valence electrons. The van der Waals surface area contributed by atoms with Gasteiger partial charge in [0.1, 0.15) is 10.8 Å². The number of hydrogen-bond acceptors (Lipinski definition) is 5. The molecule has 2 N–H and O–H groups in total. The number of ether oxygens (including phenoxy) is 1. The van der Waals surface area contributed by atoms with Crippen molar-refractivity contribution in [3.8, 4) is 0 Å². The molecule has 1 saturated carbocycles. The van der Waals surface area contributed by atoms with Crippen molar-refractivity contribution < 1.29 is 17.9 Å². The van der Waals surface area contributed by atoms with E-state index in [-0.39, 0.29) is 11.5 Å². The van der Waals surface area contributed by atoms with Crippen molar-refractivity contribution in [2.75, 3.05) is 6.61 Å². The van der Waals surface area contributed by atoms with Crippen molar-refractivity contribution in [3.05, 3.63) is 63.6 Å². The van der Waals surface area contributed by atoms with E-state index in [2.05, 4.69) is 15.9 Å². The summed E-state index contributed by atoms with van der Waals surface area (Å²) in [7, 11) is -3.86. The van der Waals surface area contributed by atoms with E-state index >= 15 is 0 Å². The molecule has 1 aliphatic rings. The van der Waals surface area contributed by atoms with E-state index in [1.165, 1.54) is 24.3 Å². The Balaban J connectivity index is 2.06. The zero-order valence-electron chi connectivity index (χ0n) is 13.9. The monoisotopic (exact) mass is 457 g/mol. The maximum absolute atomic E-state index is 13.1. The lowest BCUT2D eigenvalue weighted by Crippen LogP contribution is -2.41. The lowest BCUT2D eigenvalue weighted by molar-refractivity contribution is -0.145. The van der Waals surface area contributed by atoms with E-state index in [0.29, 0.717) is 10.6 Å². The smallest absolute Gasteiger partial charge is 0.328 e. The van der Waals surface area contributed by atoms with Gasteiger partial charge in [-0.2, -0.15) is 0 Å². The molecule has 0 radical (unpaired) electrons. The van der Waals surface area contributed by atoms with Gasteiger partial charge in [0.2, 0.25) is 0 Å². The Hall–Kier alpha value is -1.41. The number of benzene rings is 2. The fourth-order valence-corrected chi connectivity index (χ4v) is 5.82. The molecule has 5 nitrogen and oxygen atoms in total. The summed E-state index contributed by atoms with van der Waals surface area (Å²) < 4.78 is 32.2. The van der Waals surface area contributed by atoms with Gasteiger partial charge in [0.15, 0.2) is 9.84 Å². The van der Waals surface area contributed by atoms with Crippen LogP contribution in [-0.4, -0.2) is 31.8 Å². The number of carbonyl (C=O) groups excluding carboxylic acids is 1. The molecule has 3 atom stereocenters. The SMILES string of the molecule is CCOC(=O)[C@]1(N)[C@H](c2ccc(Br)cc2)[C@@H]1S(=O)(=O)c1ccc(Cl)cc1. The van der Waals surface area contributed by atoms with Gasteiger partial charge in [-0.25, -0.2) is 13.2 Å². The second kappa shape index (κ2) is 6.96. The molecule has 0 bridgehead atoms. The van der Waals surface area contributed by atoms with Gasteiger partial charge in [-0.05, 0) is 48.9 Å². The van der Waals surface area contributed by atoms with Gasteiger partial charge >= 0.3 is 5.97 Å². The predicted octanol–water partition coefficient (Wildman–Crippen LogP) is 3.30. The molecule has 0 saturated heterocycles. The van der Waals surface area contributed by atoms with E-state index in [9.17, 15) is 13.2 Å². The van der Waals surface area contributed by atoms with Gasteiger partial charge in [-0.3, -0.25) is 0 Å². The Morgan fingerprint density at radius 3 is 2.31 bits per heavy atom. The van der Waals surface area contributed by atoms with Crippen molar-refractivity contribution in [1.82, 2.24) is 0 Å². The third kappa shape index (κ3) is 3.17. The molecule has 8 heteroatoms. The van der Waals surface area contributed by atoms with Crippen LogP contribution in [0, 0.1) is 0 Å². The molecule has 0 heterocycles. The van der Waals surface area contributed by atoms with Crippen LogP contribution >= 0.6 is 27.5 Å². The number of halogens is 2. The van der Waals surface area contributed by atoms with Crippen molar-refractivity contribution >= 4 is 43.3 Å². The van der Waals surface area contributed by atoms with Crippen molar-refractivity contribution in [1.29, 1.82) is 0 Å². The quantitative estimate of drug-likeness (QED) is 0.695. The maximum Gasteiger partial charge on any atom is 0.328 e. The van der Waals surface area contributed by atoms with Crippen LogP contribution in [0.5, 0.6) is 0 Å². The van der Waals surface area contributed by atoms with Crippen molar-refractivity contribution in [2.24, 2.45) is 5.73 Å². The molecule has 26 heavy (non-hydrogen) atoms. The topological polar surface area (TPSA) is 86.5 Å². The molecule has 3 rings (SSSR count). The molecule has 2 aromatic carbocycles. The number of sulfone groups is 1. The summed E-state index contributed by atoms with van der Waals surface area (Å²) in [6, 6.07) is 12.9. The van der Waals surface area contributed by atoms with Gasteiger partial charge in [0, 0.05) is 15.4 Å². The number of esters is 1. The Morgan fingerprint density at radius 2 is 1.77 bits per heavy atom. The van der Waals surface area contributed by atoms with E-state index in [0.717, 1.165) is 4.47 Å². The molecule has 0 aromatic heterocycles. The van der Waals surface area contributed by atoms with Crippen molar-refractivity contribution in [3.63, 3.8) is 0 Å². The fraction of sp³-hybridized carbons (Fsp3) is 0.278. The van der Waals surface area contributed by atoms with E-state index < -0.39 is 32.5 Å². The number of carbonyl (C=O) groups is 1. The molecule has 0 spiro atoms.